The average Bonchev–Trinajstić information content (AvgIpc) is 2.99. The van der Waals surface area contributed by atoms with Crippen LogP contribution in [0.25, 0.3) is 5.69 Å². The van der Waals surface area contributed by atoms with Gasteiger partial charge in [0.15, 0.2) is 5.15 Å². The fourth-order valence-corrected chi connectivity index (χ4v) is 3.71. The van der Waals surface area contributed by atoms with Crippen molar-refractivity contribution in [2.45, 2.75) is 38.9 Å². The Kier molecular flexibility index (Phi) is 7.32. The van der Waals surface area contributed by atoms with Crippen molar-refractivity contribution in [1.29, 1.82) is 0 Å². The summed E-state index contributed by atoms with van der Waals surface area (Å²) in [6, 6.07) is 3.74. The van der Waals surface area contributed by atoms with Crippen LogP contribution in [0, 0.1) is 5.92 Å². The number of rotatable bonds is 8. The molecule has 0 aliphatic rings. The van der Waals surface area contributed by atoms with Crippen molar-refractivity contribution >= 4 is 35.0 Å². The highest BCUT2D eigenvalue weighted by Crippen LogP contribution is 2.29. The van der Waals surface area contributed by atoms with E-state index in [2.05, 4.69) is 30.2 Å². The first-order valence-electron chi connectivity index (χ1n) is 8.46. The number of anilines is 1. The van der Waals surface area contributed by atoms with E-state index in [9.17, 15) is 4.79 Å². The van der Waals surface area contributed by atoms with E-state index < -0.39 is 0 Å². The van der Waals surface area contributed by atoms with Gasteiger partial charge >= 0.3 is 0 Å². The van der Waals surface area contributed by atoms with Gasteiger partial charge in [0.1, 0.15) is 5.69 Å². The lowest BCUT2D eigenvalue weighted by molar-refractivity contribution is -0.118. The molecule has 1 amide bonds. The van der Waals surface area contributed by atoms with Gasteiger partial charge in [-0.05, 0) is 30.7 Å². The Balaban J connectivity index is 2.28. The number of hydrogen-bond acceptors (Lipinski definition) is 4. The predicted octanol–water partition coefficient (Wildman–Crippen LogP) is 4.44. The quantitative estimate of drug-likeness (QED) is 0.679. The highest BCUT2D eigenvalue weighted by Gasteiger charge is 2.24. The largest absolute Gasteiger partial charge is 0.308 e. The van der Waals surface area contributed by atoms with Gasteiger partial charge in [0.2, 0.25) is 5.91 Å². The molecular formula is C18H25ClN4OS. The topological polar surface area (TPSA) is 51.0 Å². The first kappa shape index (κ1) is 19.8. The maximum absolute atomic E-state index is 12.9. The van der Waals surface area contributed by atoms with Crippen LogP contribution in [-0.4, -0.2) is 38.7 Å². The summed E-state index contributed by atoms with van der Waals surface area (Å²) in [5.41, 5.74) is 1.46. The average molecular weight is 381 g/mol. The van der Waals surface area contributed by atoms with E-state index in [1.54, 1.807) is 39.9 Å². The Hall–Kier alpha value is -1.53. The molecule has 2 heterocycles. The van der Waals surface area contributed by atoms with Gasteiger partial charge in [0.05, 0.1) is 18.1 Å². The van der Waals surface area contributed by atoms with Gasteiger partial charge in [-0.2, -0.15) is 16.9 Å². The highest BCUT2D eigenvalue weighted by atomic mass is 35.5. The van der Waals surface area contributed by atoms with E-state index in [1.165, 1.54) is 0 Å². The molecule has 1 unspecified atom stereocenters. The number of thioether (sulfide) groups is 1. The maximum atomic E-state index is 12.9. The second-order valence-corrected chi connectivity index (χ2v) is 7.66. The van der Waals surface area contributed by atoms with E-state index in [4.69, 9.17) is 11.6 Å². The summed E-state index contributed by atoms with van der Waals surface area (Å²) in [5.74, 6) is 0.526. The molecule has 0 saturated heterocycles. The molecule has 0 N–H and O–H groups in total. The van der Waals surface area contributed by atoms with E-state index in [1.807, 2.05) is 19.1 Å². The van der Waals surface area contributed by atoms with Crippen LogP contribution in [0.1, 0.15) is 33.6 Å². The Morgan fingerprint density at radius 3 is 2.76 bits per heavy atom. The molecule has 0 saturated carbocycles. The molecule has 0 spiro atoms. The Morgan fingerprint density at radius 1 is 1.44 bits per heavy atom. The molecule has 1 atom stereocenters. The number of pyridine rings is 1. The second kappa shape index (κ2) is 9.25. The molecule has 2 aromatic heterocycles. The fraction of sp³-hybridized carbons (Fsp3) is 0.500. The first-order valence-corrected chi connectivity index (χ1v) is 10.1. The van der Waals surface area contributed by atoms with E-state index in [0.717, 1.165) is 12.1 Å². The van der Waals surface area contributed by atoms with Crippen molar-refractivity contribution in [3.63, 3.8) is 0 Å². The Labute approximate surface area is 158 Å². The molecular weight excluding hydrogens is 356 g/mol. The number of hydrogen-bond donors (Lipinski definition) is 0. The van der Waals surface area contributed by atoms with E-state index in [0.29, 0.717) is 35.0 Å². The van der Waals surface area contributed by atoms with Crippen molar-refractivity contribution in [3.8, 4) is 5.69 Å². The van der Waals surface area contributed by atoms with Crippen LogP contribution in [0.5, 0.6) is 0 Å². The third-order valence-corrected chi connectivity index (χ3v) is 5.61. The number of carbonyl (C=O) groups is 1. The lowest BCUT2D eigenvalue weighted by atomic mass is 10.1. The fourth-order valence-electron chi connectivity index (χ4n) is 2.62. The monoisotopic (exact) mass is 380 g/mol. The molecule has 0 aromatic carbocycles. The summed E-state index contributed by atoms with van der Waals surface area (Å²) in [4.78, 5) is 18.8. The summed E-state index contributed by atoms with van der Waals surface area (Å²) in [5, 5.41) is 4.96. The molecule has 0 aliphatic heterocycles. The van der Waals surface area contributed by atoms with Gasteiger partial charge < -0.3 is 4.90 Å². The van der Waals surface area contributed by atoms with E-state index >= 15 is 0 Å². The van der Waals surface area contributed by atoms with Crippen LogP contribution < -0.4 is 4.90 Å². The molecule has 0 aliphatic carbocycles. The minimum Gasteiger partial charge on any atom is -0.308 e. The van der Waals surface area contributed by atoms with Gasteiger partial charge in [-0.3, -0.25) is 9.78 Å². The molecule has 25 heavy (non-hydrogen) atoms. The van der Waals surface area contributed by atoms with Crippen LogP contribution in [0.15, 0.2) is 30.7 Å². The molecule has 0 bridgehead atoms. The first-order chi connectivity index (χ1) is 12.0. The third kappa shape index (κ3) is 4.98. The normalized spacial score (nSPS) is 12.4. The summed E-state index contributed by atoms with van der Waals surface area (Å²) >= 11 is 8.08. The second-order valence-electron chi connectivity index (χ2n) is 6.23. The van der Waals surface area contributed by atoms with Crippen LogP contribution in [0.4, 0.5) is 5.69 Å². The van der Waals surface area contributed by atoms with Crippen molar-refractivity contribution in [3.05, 3.63) is 35.9 Å². The smallest absolute Gasteiger partial charge is 0.228 e. The van der Waals surface area contributed by atoms with Crippen LogP contribution >= 0.6 is 23.4 Å². The molecule has 2 rings (SSSR count). The number of halogens is 1. The summed E-state index contributed by atoms with van der Waals surface area (Å²) in [6.07, 6.45) is 8.61. The van der Waals surface area contributed by atoms with Crippen LogP contribution in [-0.2, 0) is 4.79 Å². The SMILES string of the molecule is CCCN(C(=O)CC(SC)C(C)C)c1cn(-c2cccnc2)nc1Cl. The molecule has 0 fully saturated rings. The number of amides is 1. The lowest BCUT2D eigenvalue weighted by Gasteiger charge is -2.25. The molecule has 2 aromatic rings. The standard InChI is InChI=1S/C18H25ClN4OS/c1-5-9-22(17(24)10-16(25-4)13(2)3)15-12-23(21-18(15)19)14-7-6-8-20-11-14/h6-8,11-13,16H,5,9-10H2,1-4H3. The third-order valence-electron chi connectivity index (χ3n) is 4.02. The molecule has 136 valence electrons. The molecule has 5 nitrogen and oxygen atoms in total. The van der Waals surface area contributed by atoms with Crippen molar-refractivity contribution in [2.75, 3.05) is 17.7 Å². The predicted molar refractivity (Wildman–Crippen MR) is 106 cm³/mol. The summed E-state index contributed by atoms with van der Waals surface area (Å²) < 4.78 is 1.66. The highest BCUT2D eigenvalue weighted by molar-refractivity contribution is 7.99. The number of aromatic nitrogens is 3. The van der Waals surface area contributed by atoms with Gasteiger partial charge in [-0.25, -0.2) is 4.68 Å². The summed E-state index contributed by atoms with van der Waals surface area (Å²) in [6.45, 7) is 6.96. The summed E-state index contributed by atoms with van der Waals surface area (Å²) in [7, 11) is 0. The van der Waals surface area contributed by atoms with Crippen molar-refractivity contribution in [1.82, 2.24) is 14.8 Å². The van der Waals surface area contributed by atoms with Crippen molar-refractivity contribution in [2.24, 2.45) is 5.92 Å². The minimum atomic E-state index is 0.0857. The number of carbonyl (C=O) groups excluding carboxylic acids is 1. The Bertz CT molecular complexity index is 690. The van der Waals surface area contributed by atoms with Crippen LogP contribution in [0.2, 0.25) is 5.15 Å². The van der Waals surface area contributed by atoms with Gasteiger partial charge in [0, 0.05) is 24.4 Å². The van der Waals surface area contributed by atoms with E-state index in [-0.39, 0.29) is 5.91 Å². The van der Waals surface area contributed by atoms with Gasteiger partial charge in [-0.15, -0.1) is 0 Å². The van der Waals surface area contributed by atoms with Gasteiger partial charge in [-0.1, -0.05) is 32.4 Å². The zero-order valence-electron chi connectivity index (χ0n) is 15.1. The Morgan fingerprint density at radius 2 is 2.20 bits per heavy atom. The van der Waals surface area contributed by atoms with Crippen molar-refractivity contribution < 1.29 is 4.79 Å². The molecule has 7 heteroatoms. The zero-order valence-corrected chi connectivity index (χ0v) is 16.7. The van der Waals surface area contributed by atoms with Crippen LogP contribution in [0.3, 0.4) is 0 Å². The number of nitrogens with zero attached hydrogens (tertiary/aromatic N) is 4. The maximum Gasteiger partial charge on any atom is 0.228 e. The zero-order chi connectivity index (χ0) is 18.4. The van der Waals surface area contributed by atoms with Gasteiger partial charge in [0.25, 0.3) is 0 Å². The lowest BCUT2D eigenvalue weighted by Crippen LogP contribution is -2.34. The molecule has 0 radical (unpaired) electrons. The minimum absolute atomic E-state index is 0.0857.